The third-order valence-corrected chi connectivity index (χ3v) is 2.95. The average molecular weight is 297 g/mol. The fourth-order valence-electron chi connectivity index (χ4n) is 1.71. The van der Waals surface area contributed by atoms with Crippen LogP contribution in [-0.2, 0) is 9.59 Å². The lowest BCUT2D eigenvalue weighted by Gasteiger charge is -2.29. The first-order chi connectivity index (χ1) is 9.45. The van der Waals surface area contributed by atoms with Crippen LogP contribution in [0, 0.1) is 0 Å². The normalized spacial score (nSPS) is 11.5. The molecule has 0 bridgehead atoms. The molecule has 1 atom stereocenters. The van der Waals surface area contributed by atoms with Crippen LogP contribution >= 0.6 is 11.6 Å². The van der Waals surface area contributed by atoms with Crippen molar-refractivity contribution in [2.75, 3.05) is 18.0 Å². The molecule has 1 aromatic rings. The number of carboxylic acid groups (broad SMARTS) is 1. The number of halogens is 1. The SMILES string of the molecule is C=CCNC(=O)C(C)N(CC(=O)O)c1cccc(Cl)c1. The zero-order valence-corrected chi connectivity index (χ0v) is 11.9. The van der Waals surface area contributed by atoms with Crippen molar-refractivity contribution in [3.63, 3.8) is 0 Å². The lowest BCUT2D eigenvalue weighted by Crippen LogP contribution is -2.47. The van der Waals surface area contributed by atoms with E-state index in [1.54, 1.807) is 37.3 Å². The van der Waals surface area contributed by atoms with Gasteiger partial charge in [-0.2, -0.15) is 0 Å². The van der Waals surface area contributed by atoms with Crippen LogP contribution in [0.5, 0.6) is 0 Å². The number of benzene rings is 1. The summed E-state index contributed by atoms with van der Waals surface area (Å²) in [4.78, 5) is 24.4. The van der Waals surface area contributed by atoms with E-state index < -0.39 is 12.0 Å². The van der Waals surface area contributed by atoms with Crippen LogP contribution < -0.4 is 10.2 Å². The molecule has 1 unspecified atom stereocenters. The van der Waals surface area contributed by atoms with Gasteiger partial charge in [-0.3, -0.25) is 9.59 Å². The number of nitrogens with one attached hydrogen (secondary N) is 1. The van der Waals surface area contributed by atoms with Gasteiger partial charge in [0.25, 0.3) is 0 Å². The summed E-state index contributed by atoms with van der Waals surface area (Å²) in [5.74, 6) is -1.29. The van der Waals surface area contributed by atoms with Crippen molar-refractivity contribution in [3.05, 3.63) is 41.9 Å². The molecule has 0 heterocycles. The number of carbonyl (C=O) groups is 2. The molecule has 0 fully saturated rings. The maximum absolute atomic E-state index is 12.0. The minimum absolute atomic E-state index is 0.272. The van der Waals surface area contributed by atoms with Gasteiger partial charge in [0, 0.05) is 17.3 Å². The molecule has 1 aromatic carbocycles. The smallest absolute Gasteiger partial charge is 0.323 e. The van der Waals surface area contributed by atoms with E-state index in [1.165, 1.54) is 4.90 Å². The van der Waals surface area contributed by atoms with Crippen LogP contribution in [0.15, 0.2) is 36.9 Å². The monoisotopic (exact) mass is 296 g/mol. The van der Waals surface area contributed by atoms with E-state index in [0.717, 1.165) is 0 Å². The standard InChI is InChI=1S/C14H17ClN2O3/c1-3-7-16-14(20)10(2)17(9-13(18)19)12-6-4-5-11(15)8-12/h3-6,8,10H,1,7,9H2,2H3,(H,16,20)(H,18,19). The topological polar surface area (TPSA) is 69.6 Å². The minimum atomic E-state index is -1.02. The Bertz CT molecular complexity index is 505. The number of hydrogen-bond donors (Lipinski definition) is 2. The van der Waals surface area contributed by atoms with Gasteiger partial charge in [-0.1, -0.05) is 23.7 Å². The maximum Gasteiger partial charge on any atom is 0.323 e. The summed E-state index contributed by atoms with van der Waals surface area (Å²) in [6, 6.07) is 6.10. The number of anilines is 1. The molecule has 0 saturated heterocycles. The first-order valence-corrected chi connectivity index (χ1v) is 6.46. The van der Waals surface area contributed by atoms with Gasteiger partial charge < -0.3 is 15.3 Å². The van der Waals surface area contributed by atoms with E-state index in [0.29, 0.717) is 17.3 Å². The third kappa shape index (κ3) is 4.59. The van der Waals surface area contributed by atoms with Gasteiger partial charge in [-0.05, 0) is 25.1 Å². The van der Waals surface area contributed by atoms with Crippen molar-refractivity contribution in [2.24, 2.45) is 0 Å². The number of rotatable bonds is 7. The van der Waals surface area contributed by atoms with Gasteiger partial charge in [-0.25, -0.2) is 0 Å². The first-order valence-electron chi connectivity index (χ1n) is 6.08. The van der Waals surface area contributed by atoms with Crippen molar-refractivity contribution < 1.29 is 14.7 Å². The summed E-state index contributed by atoms with van der Waals surface area (Å²) in [5.41, 5.74) is 0.584. The third-order valence-electron chi connectivity index (χ3n) is 2.71. The number of nitrogens with zero attached hydrogens (tertiary/aromatic N) is 1. The number of hydrogen-bond acceptors (Lipinski definition) is 3. The highest BCUT2D eigenvalue weighted by atomic mass is 35.5. The Hall–Kier alpha value is -2.01. The minimum Gasteiger partial charge on any atom is -0.480 e. The highest BCUT2D eigenvalue weighted by Crippen LogP contribution is 2.21. The number of amides is 1. The highest BCUT2D eigenvalue weighted by Gasteiger charge is 2.23. The molecule has 1 amide bonds. The molecule has 6 heteroatoms. The summed E-state index contributed by atoms with van der Waals surface area (Å²) in [6.07, 6.45) is 1.56. The molecule has 0 saturated carbocycles. The predicted octanol–water partition coefficient (Wildman–Crippen LogP) is 1.92. The molecule has 0 spiro atoms. The molecular weight excluding hydrogens is 280 g/mol. The van der Waals surface area contributed by atoms with Crippen molar-refractivity contribution in [1.29, 1.82) is 0 Å². The Labute approximate surface area is 122 Å². The molecule has 0 aliphatic carbocycles. The maximum atomic E-state index is 12.0. The molecule has 108 valence electrons. The van der Waals surface area contributed by atoms with E-state index in [4.69, 9.17) is 16.7 Å². The second-order valence-corrected chi connectivity index (χ2v) is 4.65. The lowest BCUT2D eigenvalue weighted by molar-refractivity contribution is -0.135. The molecule has 1 rings (SSSR count). The van der Waals surface area contributed by atoms with Crippen molar-refractivity contribution in [1.82, 2.24) is 5.32 Å². The number of aliphatic carboxylic acids is 1. The first kappa shape index (κ1) is 16.0. The molecule has 0 aliphatic rings. The summed E-state index contributed by atoms with van der Waals surface area (Å²) < 4.78 is 0. The molecule has 5 nitrogen and oxygen atoms in total. The van der Waals surface area contributed by atoms with Gasteiger partial charge in [0.1, 0.15) is 12.6 Å². The zero-order valence-electron chi connectivity index (χ0n) is 11.2. The number of carboxylic acids is 1. The highest BCUT2D eigenvalue weighted by molar-refractivity contribution is 6.30. The van der Waals surface area contributed by atoms with Gasteiger partial charge in [0.15, 0.2) is 0 Å². The lowest BCUT2D eigenvalue weighted by atomic mass is 10.2. The quantitative estimate of drug-likeness (QED) is 0.754. The van der Waals surface area contributed by atoms with Crippen LogP contribution in [0.3, 0.4) is 0 Å². The van der Waals surface area contributed by atoms with Crippen LogP contribution in [0.4, 0.5) is 5.69 Å². The summed E-state index contributed by atoms with van der Waals surface area (Å²) in [7, 11) is 0. The van der Waals surface area contributed by atoms with Gasteiger partial charge in [0.05, 0.1) is 0 Å². The van der Waals surface area contributed by atoms with Gasteiger partial charge in [0.2, 0.25) is 5.91 Å². The molecule has 2 N–H and O–H groups in total. The molecule has 20 heavy (non-hydrogen) atoms. The predicted molar refractivity (Wildman–Crippen MR) is 79.1 cm³/mol. The van der Waals surface area contributed by atoms with E-state index in [-0.39, 0.29) is 12.5 Å². The molecule has 0 aromatic heterocycles. The summed E-state index contributed by atoms with van der Waals surface area (Å²) in [6.45, 7) is 5.20. The second-order valence-electron chi connectivity index (χ2n) is 4.21. The second kappa shape index (κ2) is 7.55. The van der Waals surface area contributed by atoms with Crippen molar-refractivity contribution in [2.45, 2.75) is 13.0 Å². The Balaban J connectivity index is 2.96. The molecule has 0 radical (unpaired) electrons. The summed E-state index contributed by atoms with van der Waals surface area (Å²) in [5, 5.41) is 12.1. The van der Waals surface area contributed by atoms with E-state index in [1.807, 2.05) is 0 Å². The Morgan fingerprint density at radius 2 is 2.25 bits per heavy atom. The van der Waals surface area contributed by atoms with Crippen molar-refractivity contribution in [3.8, 4) is 0 Å². The fourth-order valence-corrected chi connectivity index (χ4v) is 1.90. The fraction of sp³-hybridized carbons (Fsp3) is 0.286. The van der Waals surface area contributed by atoms with Crippen LogP contribution in [-0.4, -0.2) is 36.1 Å². The van der Waals surface area contributed by atoms with E-state index in [2.05, 4.69) is 11.9 Å². The van der Waals surface area contributed by atoms with Gasteiger partial charge >= 0.3 is 5.97 Å². The van der Waals surface area contributed by atoms with Gasteiger partial charge in [-0.15, -0.1) is 6.58 Å². The number of carbonyl (C=O) groups excluding carboxylic acids is 1. The van der Waals surface area contributed by atoms with Crippen LogP contribution in [0.25, 0.3) is 0 Å². The Morgan fingerprint density at radius 1 is 1.55 bits per heavy atom. The molecular formula is C14H17ClN2O3. The van der Waals surface area contributed by atoms with Crippen molar-refractivity contribution >= 4 is 29.2 Å². The average Bonchev–Trinajstić information content (AvgIpc) is 2.41. The largest absolute Gasteiger partial charge is 0.480 e. The van der Waals surface area contributed by atoms with E-state index in [9.17, 15) is 9.59 Å². The molecule has 0 aliphatic heterocycles. The Morgan fingerprint density at radius 3 is 2.80 bits per heavy atom. The van der Waals surface area contributed by atoms with E-state index >= 15 is 0 Å². The van der Waals surface area contributed by atoms with Crippen LogP contribution in [0.2, 0.25) is 5.02 Å². The Kier molecular flexibility index (Phi) is 6.06. The zero-order chi connectivity index (χ0) is 15.1. The summed E-state index contributed by atoms with van der Waals surface area (Å²) >= 11 is 5.91. The van der Waals surface area contributed by atoms with Crippen LogP contribution in [0.1, 0.15) is 6.92 Å².